The first-order chi connectivity index (χ1) is 12.0. The SMILES string of the molecule is Cn1cc(NS(=O)(=O)c2cnn(C3CCC3)c2)c(-c2ccncc2)n1. The van der Waals surface area contributed by atoms with Crippen molar-refractivity contribution in [2.24, 2.45) is 7.05 Å². The Morgan fingerprint density at radius 2 is 1.96 bits per heavy atom. The lowest BCUT2D eigenvalue weighted by Gasteiger charge is -2.25. The van der Waals surface area contributed by atoms with E-state index in [-0.39, 0.29) is 4.90 Å². The highest BCUT2D eigenvalue weighted by Crippen LogP contribution is 2.32. The molecular formula is C16H18N6O2S. The van der Waals surface area contributed by atoms with E-state index in [0.29, 0.717) is 17.4 Å². The second-order valence-corrected chi connectivity index (χ2v) is 7.83. The maximum Gasteiger partial charge on any atom is 0.265 e. The summed E-state index contributed by atoms with van der Waals surface area (Å²) in [6, 6.07) is 3.89. The Balaban J connectivity index is 1.64. The maximum atomic E-state index is 12.7. The van der Waals surface area contributed by atoms with Crippen molar-refractivity contribution >= 4 is 15.7 Å². The number of rotatable bonds is 5. The van der Waals surface area contributed by atoms with E-state index in [4.69, 9.17) is 0 Å². The molecule has 0 aromatic carbocycles. The van der Waals surface area contributed by atoms with Crippen molar-refractivity contribution in [2.45, 2.75) is 30.2 Å². The van der Waals surface area contributed by atoms with E-state index in [1.54, 1.807) is 53.3 Å². The maximum absolute atomic E-state index is 12.7. The smallest absolute Gasteiger partial charge is 0.265 e. The first-order valence-electron chi connectivity index (χ1n) is 8.04. The molecule has 0 amide bonds. The predicted molar refractivity (Wildman–Crippen MR) is 92.4 cm³/mol. The third kappa shape index (κ3) is 3.02. The molecular weight excluding hydrogens is 340 g/mol. The van der Waals surface area contributed by atoms with Crippen LogP contribution in [0, 0.1) is 0 Å². The largest absolute Gasteiger partial charge is 0.276 e. The van der Waals surface area contributed by atoms with Crippen LogP contribution in [0.4, 0.5) is 5.69 Å². The third-order valence-electron chi connectivity index (χ3n) is 4.36. The monoisotopic (exact) mass is 358 g/mol. The Hall–Kier alpha value is -2.68. The minimum absolute atomic E-state index is 0.156. The Labute approximate surface area is 145 Å². The molecule has 0 aliphatic heterocycles. The number of anilines is 1. The van der Waals surface area contributed by atoms with Crippen LogP contribution in [-0.2, 0) is 17.1 Å². The molecule has 1 aliphatic rings. The van der Waals surface area contributed by atoms with E-state index < -0.39 is 10.0 Å². The number of hydrogen-bond donors (Lipinski definition) is 1. The fraction of sp³-hybridized carbons (Fsp3) is 0.312. The van der Waals surface area contributed by atoms with E-state index in [9.17, 15) is 8.42 Å². The van der Waals surface area contributed by atoms with Crippen LogP contribution in [0.1, 0.15) is 25.3 Å². The fourth-order valence-corrected chi connectivity index (χ4v) is 3.79. The van der Waals surface area contributed by atoms with Gasteiger partial charge in [0, 0.05) is 37.4 Å². The quantitative estimate of drug-likeness (QED) is 0.754. The third-order valence-corrected chi connectivity index (χ3v) is 5.68. The highest BCUT2D eigenvalue weighted by Gasteiger charge is 2.24. The molecule has 3 aromatic heterocycles. The number of aryl methyl sites for hydroxylation is 1. The van der Waals surface area contributed by atoms with Crippen LogP contribution in [-0.4, -0.2) is 33.0 Å². The van der Waals surface area contributed by atoms with E-state index in [1.807, 2.05) is 0 Å². The van der Waals surface area contributed by atoms with Crippen LogP contribution < -0.4 is 4.72 Å². The van der Waals surface area contributed by atoms with Crippen molar-refractivity contribution in [1.29, 1.82) is 0 Å². The molecule has 8 nitrogen and oxygen atoms in total. The first-order valence-corrected chi connectivity index (χ1v) is 9.52. The average molecular weight is 358 g/mol. The lowest BCUT2D eigenvalue weighted by Crippen LogP contribution is -2.17. The Kier molecular flexibility index (Phi) is 3.79. The van der Waals surface area contributed by atoms with Crippen LogP contribution in [0.2, 0.25) is 0 Å². The zero-order chi connectivity index (χ0) is 17.4. The topological polar surface area (TPSA) is 94.7 Å². The molecule has 0 spiro atoms. The summed E-state index contributed by atoms with van der Waals surface area (Å²) in [5, 5.41) is 8.56. The second kappa shape index (κ2) is 5.99. The molecule has 1 aliphatic carbocycles. The molecule has 1 fully saturated rings. The van der Waals surface area contributed by atoms with Crippen LogP contribution >= 0.6 is 0 Å². The van der Waals surface area contributed by atoms with Gasteiger partial charge in [0.15, 0.2) is 0 Å². The Bertz CT molecular complexity index is 989. The van der Waals surface area contributed by atoms with Gasteiger partial charge in [0.1, 0.15) is 10.6 Å². The molecule has 1 saturated carbocycles. The molecule has 130 valence electrons. The van der Waals surface area contributed by atoms with Crippen molar-refractivity contribution in [3.8, 4) is 11.3 Å². The van der Waals surface area contributed by atoms with Crippen LogP contribution in [0.5, 0.6) is 0 Å². The average Bonchev–Trinajstić information content (AvgIpc) is 3.14. The normalized spacial score (nSPS) is 15.1. The van der Waals surface area contributed by atoms with Crippen molar-refractivity contribution in [2.75, 3.05) is 4.72 Å². The minimum atomic E-state index is -3.73. The summed E-state index contributed by atoms with van der Waals surface area (Å²) in [4.78, 5) is 4.13. The molecule has 0 saturated heterocycles. The van der Waals surface area contributed by atoms with Crippen molar-refractivity contribution < 1.29 is 8.42 Å². The summed E-state index contributed by atoms with van der Waals surface area (Å²) in [6.07, 6.45) is 11.2. The van der Waals surface area contributed by atoms with Gasteiger partial charge in [-0.05, 0) is 31.4 Å². The molecule has 0 bridgehead atoms. The highest BCUT2D eigenvalue weighted by atomic mass is 32.2. The minimum Gasteiger partial charge on any atom is -0.276 e. The summed E-state index contributed by atoms with van der Waals surface area (Å²) in [5.74, 6) is 0. The molecule has 3 heterocycles. The van der Waals surface area contributed by atoms with Crippen LogP contribution in [0.25, 0.3) is 11.3 Å². The van der Waals surface area contributed by atoms with Gasteiger partial charge in [-0.15, -0.1) is 0 Å². The lowest BCUT2D eigenvalue weighted by molar-refractivity contribution is 0.289. The first kappa shape index (κ1) is 15.8. The zero-order valence-electron chi connectivity index (χ0n) is 13.7. The summed E-state index contributed by atoms with van der Waals surface area (Å²) < 4.78 is 31.4. The van der Waals surface area contributed by atoms with Gasteiger partial charge in [-0.2, -0.15) is 10.2 Å². The Morgan fingerprint density at radius 3 is 2.64 bits per heavy atom. The number of nitrogens with zero attached hydrogens (tertiary/aromatic N) is 5. The highest BCUT2D eigenvalue weighted by molar-refractivity contribution is 7.92. The summed E-state index contributed by atoms with van der Waals surface area (Å²) in [5.41, 5.74) is 1.77. The number of hydrogen-bond acceptors (Lipinski definition) is 5. The summed E-state index contributed by atoms with van der Waals surface area (Å²) in [6.45, 7) is 0. The van der Waals surface area contributed by atoms with Gasteiger partial charge in [-0.1, -0.05) is 0 Å². The molecule has 0 unspecified atom stereocenters. The van der Waals surface area contributed by atoms with Crippen LogP contribution in [0.15, 0.2) is 48.0 Å². The van der Waals surface area contributed by atoms with Crippen molar-refractivity contribution in [3.05, 3.63) is 43.1 Å². The standard InChI is InChI=1S/C16H18N6O2S/c1-21-11-15(16(19-21)12-5-7-17-8-6-12)20-25(23,24)14-9-18-22(10-14)13-3-2-4-13/h5-11,13,20H,2-4H2,1H3. The zero-order valence-corrected chi connectivity index (χ0v) is 14.5. The number of sulfonamides is 1. The van der Waals surface area contributed by atoms with Crippen molar-refractivity contribution in [3.63, 3.8) is 0 Å². The van der Waals surface area contributed by atoms with Gasteiger partial charge in [-0.25, -0.2) is 8.42 Å². The lowest BCUT2D eigenvalue weighted by atomic mass is 9.93. The van der Waals surface area contributed by atoms with Gasteiger partial charge < -0.3 is 0 Å². The molecule has 0 radical (unpaired) electrons. The predicted octanol–water partition coefficient (Wildman–Crippen LogP) is 2.20. The van der Waals surface area contributed by atoms with E-state index >= 15 is 0 Å². The molecule has 1 N–H and O–H groups in total. The van der Waals surface area contributed by atoms with Gasteiger partial charge >= 0.3 is 0 Å². The molecule has 25 heavy (non-hydrogen) atoms. The van der Waals surface area contributed by atoms with E-state index in [0.717, 1.165) is 24.8 Å². The number of pyridine rings is 1. The Morgan fingerprint density at radius 1 is 1.20 bits per heavy atom. The molecule has 4 rings (SSSR count). The van der Waals surface area contributed by atoms with Gasteiger partial charge in [0.05, 0.1) is 17.9 Å². The van der Waals surface area contributed by atoms with Crippen LogP contribution in [0.3, 0.4) is 0 Å². The van der Waals surface area contributed by atoms with Gasteiger partial charge in [-0.3, -0.25) is 19.1 Å². The van der Waals surface area contributed by atoms with E-state index in [2.05, 4.69) is 19.9 Å². The molecule has 0 atom stereocenters. The van der Waals surface area contributed by atoms with E-state index in [1.165, 1.54) is 6.20 Å². The summed E-state index contributed by atoms with van der Waals surface area (Å²) in [7, 11) is -1.98. The fourth-order valence-electron chi connectivity index (χ4n) is 2.80. The van der Waals surface area contributed by atoms with Gasteiger partial charge in [0.2, 0.25) is 0 Å². The second-order valence-electron chi connectivity index (χ2n) is 6.15. The van der Waals surface area contributed by atoms with Gasteiger partial charge in [0.25, 0.3) is 10.0 Å². The molecule has 9 heteroatoms. The number of aromatic nitrogens is 5. The van der Waals surface area contributed by atoms with Crippen molar-refractivity contribution in [1.82, 2.24) is 24.5 Å². The molecule has 3 aromatic rings. The summed E-state index contributed by atoms with van der Waals surface area (Å²) >= 11 is 0. The number of nitrogens with one attached hydrogen (secondary N) is 1.